The number of aromatic nitrogens is 1. The third kappa shape index (κ3) is 4.64. The van der Waals surface area contributed by atoms with Crippen molar-refractivity contribution in [2.45, 2.75) is 32.2 Å². The minimum absolute atomic E-state index is 0.0822. The van der Waals surface area contributed by atoms with Gasteiger partial charge in [0.25, 0.3) is 0 Å². The normalized spacial score (nSPS) is 17.9. The van der Waals surface area contributed by atoms with E-state index in [1.807, 2.05) is 23.7 Å². The van der Waals surface area contributed by atoms with Crippen LogP contribution in [0.4, 0.5) is 11.4 Å². The maximum absolute atomic E-state index is 12.6. The quantitative estimate of drug-likeness (QED) is 0.860. The predicted octanol–water partition coefficient (Wildman–Crippen LogP) is 3.27. The van der Waals surface area contributed by atoms with E-state index in [4.69, 9.17) is 0 Å². The van der Waals surface area contributed by atoms with Crippen molar-refractivity contribution in [3.8, 4) is 0 Å². The first kappa shape index (κ1) is 17.6. The Morgan fingerprint density at radius 2 is 2.00 bits per heavy atom. The minimum atomic E-state index is -0.165. The largest absolute Gasteiger partial charge is 0.325 e. The summed E-state index contributed by atoms with van der Waals surface area (Å²) < 4.78 is 0. The molecule has 2 heterocycles. The number of nitrogens with zero attached hydrogens (tertiary/aromatic N) is 2. The molecule has 1 unspecified atom stereocenters. The van der Waals surface area contributed by atoms with Crippen molar-refractivity contribution < 1.29 is 9.59 Å². The van der Waals surface area contributed by atoms with Gasteiger partial charge in [-0.25, -0.2) is 4.98 Å². The fourth-order valence-electron chi connectivity index (χ4n) is 3.12. The van der Waals surface area contributed by atoms with Crippen molar-refractivity contribution in [1.29, 1.82) is 0 Å². The van der Waals surface area contributed by atoms with Crippen LogP contribution in [0, 0.1) is 0 Å². The molecule has 2 aromatic rings. The second-order valence-electron chi connectivity index (χ2n) is 6.13. The van der Waals surface area contributed by atoms with Gasteiger partial charge in [-0.05, 0) is 31.5 Å². The van der Waals surface area contributed by atoms with E-state index in [0.717, 1.165) is 30.8 Å². The summed E-state index contributed by atoms with van der Waals surface area (Å²) in [6.45, 7) is 2.66. The number of amides is 2. The van der Waals surface area contributed by atoms with Crippen LogP contribution >= 0.6 is 11.3 Å². The van der Waals surface area contributed by atoms with Crippen LogP contribution in [0.3, 0.4) is 0 Å². The molecule has 2 amide bonds. The predicted molar refractivity (Wildman–Crippen MR) is 99.7 cm³/mol. The third-order valence-electron chi connectivity index (χ3n) is 4.21. The van der Waals surface area contributed by atoms with Crippen molar-refractivity contribution in [3.05, 3.63) is 40.8 Å². The Hall–Kier alpha value is -2.25. The van der Waals surface area contributed by atoms with Crippen LogP contribution in [0.15, 0.2) is 35.8 Å². The van der Waals surface area contributed by atoms with Gasteiger partial charge in [0, 0.05) is 18.5 Å². The Morgan fingerprint density at radius 1 is 1.24 bits per heavy atom. The molecule has 25 heavy (non-hydrogen) atoms. The lowest BCUT2D eigenvalue weighted by Crippen LogP contribution is -2.39. The van der Waals surface area contributed by atoms with Gasteiger partial charge in [0.1, 0.15) is 5.01 Å². The molecule has 132 valence electrons. The van der Waals surface area contributed by atoms with E-state index in [1.54, 1.807) is 23.5 Å². The molecule has 6 nitrogen and oxygen atoms in total. The van der Waals surface area contributed by atoms with Crippen LogP contribution in [0.1, 0.15) is 37.2 Å². The summed E-state index contributed by atoms with van der Waals surface area (Å²) in [5.41, 5.74) is 1.23. The highest BCUT2D eigenvalue weighted by atomic mass is 32.1. The number of anilines is 2. The number of hydrogen-bond donors (Lipinski definition) is 2. The fourth-order valence-corrected chi connectivity index (χ4v) is 3.93. The standard InChI is InChI=1S/C18H22N4O2S/c1-13(23)20-14-6-2-3-7-15(14)21-17(24)12-22-10-5-4-8-16(22)18-19-9-11-25-18/h2-3,6-7,9,11,16H,4-5,8,10,12H2,1H3,(H,20,23)(H,21,24). The molecule has 7 heteroatoms. The monoisotopic (exact) mass is 358 g/mol. The van der Waals surface area contributed by atoms with Crippen LogP contribution in [-0.4, -0.2) is 34.8 Å². The van der Waals surface area contributed by atoms with E-state index in [1.165, 1.54) is 6.92 Å². The zero-order chi connectivity index (χ0) is 17.6. The van der Waals surface area contributed by atoms with E-state index in [-0.39, 0.29) is 17.9 Å². The number of benzene rings is 1. The van der Waals surface area contributed by atoms with Crippen LogP contribution < -0.4 is 10.6 Å². The number of para-hydroxylation sites is 2. The molecule has 1 fully saturated rings. The molecule has 0 radical (unpaired) electrons. The molecule has 0 aliphatic carbocycles. The smallest absolute Gasteiger partial charge is 0.238 e. The second-order valence-corrected chi connectivity index (χ2v) is 7.05. The van der Waals surface area contributed by atoms with E-state index in [0.29, 0.717) is 17.9 Å². The molecule has 0 spiro atoms. The van der Waals surface area contributed by atoms with Crippen LogP contribution in [0.25, 0.3) is 0 Å². The second kappa shape index (κ2) is 8.22. The van der Waals surface area contributed by atoms with Gasteiger partial charge in [0.15, 0.2) is 0 Å². The summed E-state index contributed by atoms with van der Waals surface area (Å²) in [5, 5.41) is 8.71. The fraction of sp³-hybridized carbons (Fsp3) is 0.389. The van der Waals surface area contributed by atoms with Gasteiger partial charge in [-0.15, -0.1) is 11.3 Å². The van der Waals surface area contributed by atoms with E-state index in [9.17, 15) is 9.59 Å². The SMILES string of the molecule is CC(=O)Nc1ccccc1NC(=O)CN1CCCCC1c1nccs1. The summed E-state index contributed by atoms with van der Waals surface area (Å²) in [4.78, 5) is 30.5. The number of likely N-dealkylation sites (tertiary alicyclic amines) is 1. The molecule has 1 aromatic carbocycles. The highest BCUT2D eigenvalue weighted by Gasteiger charge is 2.27. The van der Waals surface area contributed by atoms with Crippen molar-refractivity contribution in [2.75, 3.05) is 23.7 Å². The Morgan fingerprint density at radius 3 is 2.68 bits per heavy atom. The number of nitrogens with one attached hydrogen (secondary N) is 2. The van der Waals surface area contributed by atoms with Crippen molar-refractivity contribution in [1.82, 2.24) is 9.88 Å². The summed E-state index contributed by atoms with van der Waals surface area (Å²) in [7, 11) is 0. The maximum atomic E-state index is 12.6. The molecule has 0 saturated carbocycles. The van der Waals surface area contributed by atoms with Gasteiger partial charge in [0.2, 0.25) is 11.8 Å². The molecule has 0 bridgehead atoms. The van der Waals surface area contributed by atoms with Crippen LogP contribution in [0.5, 0.6) is 0 Å². The average molecular weight is 358 g/mol. The van der Waals surface area contributed by atoms with E-state index < -0.39 is 0 Å². The van der Waals surface area contributed by atoms with Gasteiger partial charge >= 0.3 is 0 Å². The summed E-state index contributed by atoms with van der Waals surface area (Å²) in [6, 6.07) is 7.43. The first-order valence-corrected chi connectivity index (χ1v) is 9.31. The number of hydrogen-bond acceptors (Lipinski definition) is 5. The first-order valence-electron chi connectivity index (χ1n) is 8.43. The summed E-state index contributed by atoms with van der Waals surface area (Å²) >= 11 is 1.64. The molecule has 1 aliphatic heterocycles. The van der Waals surface area contributed by atoms with E-state index in [2.05, 4.69) is 20.5 Å². The zero-order valence-electron chi connectivity index (χ0n) is 14.2. The molecule has 1 aromatic heterocycles. The molecular weight excluding hydrogens is 336 g/mol. The molecule has 1 atom stereocenters. The molecule has 2 N–H and O–H groups in total. The Bertz CT molecular complexity index is 732. The molecule has 3 rings (SSSR count). The first-order chi connectivity index (χ1) is 12.1. The maximum Gasteiger partial charge on any atom is 0.238 e. The van der Waals surface area contributed by atoms with E-state index >= 15 is 0 Å². The van der Waals surface area contributed by atoms with Crippen LogP contribution in [0.2, 0.25) is 0 Å². The average Bonchev–Trinajstić information content (AvgIpc) is 3.11. The van der Waals surface area contributed by atoms with Crippen molar-refractivity contribution >= 4 is 34.5 Å². The number of rotatable bonds is 5. The lowest BCUT2D eigenvalue weighted by atomic mass is 10.0. The topological polar surface area (TPSA) is 74.3 Å². The Balaban J connectivity index is 1.66. The van der Waals surface area contributed by atoms with Gasteiger partial charge in [-0.3, -0.25) is 14.5 Å². The van der Waals surface area contributed by atoms with Gasteiger partial charge in [-0.2, -0.15) is 0 Å². The minimum Gasteiger partial charge on any atom is -0.325 e. The van der Waals surface area contributed by atoms with Gasteiger partial charge in [0.05, 0.1) is 24.0 Å². The van der Waals surface area contributed by atoms with Crippen LogP contribution in [-0.2, 0) is 9.59 Å². The summed E-state index contributed by atoms with van der Waals surface area (Å²) in [6.07, 6.45) is 5.10. The highest BCUT2D eigenvalue weighted by molar-refractivity contribution is 7.09. The number of thiazole rings is 1. The third-order valence-corrected chi connectivity index (χ3v) is 5.09. The number of piperidine rings is 1. The number of carbonyl (C=O) groups excluding carboxylic acids is 2. The van der Waals surface area contributed by atoms with Gasteiger partial charge < -0.3 is 10.6 Å². The summed E-state index contributed by atoms with van der Waals surface area (Å²) in [5.74, 6) is -0.247. The zero-order valence-corrected chi connectivity index (χ0v) is 15.0. The van der Waals surface area contributed by atoms with Crippen molar-refractivity contribution in [2.24, 2.45) is 0 Å². The molecular formula is C18H22N4O2S. The van der Waals surface area contributed by atoms with Gasteiger partial charge in [-0.1, -0.05) is 18.6 Å². The highest BCUT2D eigenvalue weighted by Crippen LogP contribution is 2.31. The lowest BCUT2D eigenvalue weighted by Gasteiger charge is -2.33. The lowest BCUT2D eigenvalue weighted by molar-refractivity contribution is -0.118. The van der Waals surface area contributed by atoms with Crippen molar-refractivity contribution in [3.63, 3.8) is 0 Å². The Labute approximate surface area is 151 Å². The Kier molecular flexibility index (Phi) is 5.78. The number of carbonyl (C=O) groups is 2. The molecule has 1 saturated heterocycles. The molecule has 1 aliphatic rings.